The molecule has 78 valence electrons. The molecule has 0 saturated carbocycles. The zero-order valence-corrected chi connectivity index (χ0v) is 9.34. The Labute approximate surface area is 93.4 Å². The summed E-state index contributed by atoms with van der Waals surface area (Å²) < 4.78 is 10.4. The molecule has 0 aliphatic rings. The predicted octanol–water partition coefficient (Wildman–Crippen LogP) is 3.51. The third-order valence-electron chi connectivity index (χ3n) is 2.33. The Morgan fingerprint density at radius 3 is 2.33 bits per heavy atom. The Kier molecular flexibility index (Phi) is 2.69. The van der Waals surface area contributed by atoms with E-state index >= 15 is 0 Å². The minimum absolute atomic E-state index is 0.693. The lowest BCUT2D eigenvalue weighted by Crippen LogP contribution is -1.90. The van der Waals surface area contributed by atoms with Crippen LogP contribution in [0.1, 0.15) is 0 Å². The predicted molar refractivity (Wildman–Crippen MR) is 62.1 cm³/mol. The van der Waals surface area contributed by atoms with Crippen LogP contribution in [0.5, 0.6) is 11.5 Å². The first-order valence-corrected chi connectivity index (χ1v) is 4.94. The molecule has 0 N–H and O–H groups in total. The lowest BCUT2D eigenvalue weighted by atomic mass is 10.1. The molecule has 0 bridgehead atoms. The summed E-state index contributed by atoms with van der Waals surface area (Å²) in [5, 5.41) is 2.73. The highest BCUT2D eigenvalue weighted by Crippen LogP contribution is 2.34. The summed E-state index contributed by atoms with van der Waals surface area (Å²) in [6.45, 7) is 0. The van der Waals surface area contributed by atoms with E-state index in [0.717, 1.165) is 10.8 Å². The monoisotopic (exact) mass is 222 g/mol. The summed E-state index contributed by atoms with van der Waals surface area (Å²) in [6, 6.07) is 9.56. The van der Waals surface area contributed by atoms with Gasteiger partial charge in [0, 0.05) is 10.4 Å². The van der Waals surface area contributed by atoms with Gasteiger partial charge in [0.25, 0.3) is 0 Å². The lowest BCUT2D eigenvalue weighted by molar-refractivity contribution is 0.356. The minimum atomic E-state index is 0.693. The molecule has 0 saturated heterocycles. The van der Waals surface area contributed by atoms with Gasteiger partial charge in [0.2, 0.25) is 0 Å². The fourth-order valence-corrected chi connectivity index (χ4v) is 1.80. The third-order valence-corrected chi connectivity index (χ3v) is 2.66. The van der Waals surface area contributed by atoms with Crippen molar-refractivity contribution in [2.75, 3.05) is 14.2 Å². The SMILES string of the molecule is COc1cc2cccc(Cl)c2cc1OC. The molecule has 2 aromatic rings. The molecule has 2 aromatic carbocycles. The second-order valence-electron chi connectivity index (χ2n) is 3.17. The normalized spacial score (nSPS) is 10.3. The van der Waals surface area contributed by atoms with Crippen molar-refractivity contribution in [3.05, 3.63) is 35.4 Å². The van der Waals surface area contributed by atoms with E-state index in [1.807, 2.05) is 30.3 Å². The number of ether oxygens (including phenoxy) is 2. The Bertz CT molecular complexity index is 494. The zero-order chi connectivity index (χ0) is 10.8. The first kappa shape index (κ1) is 10.1. The Balaban J connectivity index is 2.75. The molecule has 2 rings (SSSR count). The van der Waals surface area contributed by atoms with E-state index in [9.17, 15) is 0 Å². The fourth-order valence-electron chi connectivity index (χ4n) is 1.57. The number of methoxy groups -OCH3 is 2. The quantitative estimate of drug-likeness (QED) is 0.774. The fraction of sp³-hybridized carbons (Fsp3) is 0.167. The summed E-state index contributed by atoms with van der Waals surface area (Å²) >= 11 is 6.09. The highest BCUT2D eigenvalue weighted by Gasteiger charge is 2.07. The van der Waals surface area contributed by atoms with Crippen LogP contribution in [-0.2, 0) is 0 Å². The van der Waals surface area contributed by atoms with E-state index in [4.69, 9.17) is 21.1 Å². The number of benzene rings is 2. The number of hydrogen-bond donors (Lipinski definition) is 0. The van der Waals surface area contributed by atoms with Crippen LogP contribution in [-0.4, -0.2) is 14.2 Å². The lowest BCUT2D eigenvalue weighted by Gasteiger charge is -2.09. The van der Waals surface area contributed by atoms with E-state index in [2.05, 4.69) is 0 Å². The van der Waals surface area contributed by atoms with Gasteiger partial charge in [0.15, 0.2) is 11.5 Å². The maximum absolute atomic E-state index is 6.09. The Morgan fingerprint density at radius 1 is 1.00 bits per heavy atom. The van der Waals surface area contributed by atoms with Crippen molar-refractivity contribution in [1.29, 1.82) is 0 Å². The van der Waals surface area contributed by atoms with Crippen LogP contribution in [0.2, 0.25) is 5.02 Å². The highest BCUT2D eigenvalue weighted by molar-refractivity contribution is 6.35. The number of halogens is 1. The molecule has 0 heterocycles. The molecule has 0 aliphatic heterocycles. The van der Waals surface area contributed by atoms with Crippen molar-refractivity contribution in [3.8, 4) is 11.5 Å². The second kappa shape index (κ2) is 3.99. The van der Waals surface area contributed by atoms with Gasteiger partial charge in [-0.15, -0.1) is 0 Å². The van der Waals surface area contributed by atoms with Crippen molar-refractivity contribution in [2.45, 2.75) is 0 Å². The van der Waals surface area contributed by atoms with Crippen molar-refractivity contribution < 1.29 is 9.47 Å². The molecule has 0 aliphatic carbocycles. The van der Waals surface area contributed by atoms with Crippen LogP contribution in [0.25, 0.3) is 10.8 Å². The summed E-state index contributed by atoms with van der Waals surface area (Å²) in [6.07, 6.45) is 0. The van der Waals surface area contributed by atoms with Crippen molar-refractivity contribution in [1.82, 2.24) is 0 Å². The van der Waals surface area contributed by atoms with Crippen LogP contribution >= 0.6 is 11.6 Å². The van der Waals surface area contributed by atoms with E-state index in [-0.39, 0.29) is 0 Å². The third kappa shape index (κ3) is 1.73. The molecule has 0 aromatic heterocycles. The molecule has 0 unspecified atom stereocenters. The molecule has 3 heteroatoms. The van der Waals surface area contributed by atoms with E-state index < -0.39 is 0 Å². The molecule has 0 atom stereocenters. The summed E-state index contributed by atoms with van der Waals surface area (Å²) in [4.78, 5) is 0. The first-order valence-electron chi connectivity index (χ1n) is 4.56. The van der Waals surface area contributed by atoms with Crippen LogP contribution in [0.3, 0.4) is 0 Å². The van der Waals surface area contributed by atoms with Crippen LogP contribution in [0.4, 0.5) is 0 Å². The summed E-state index contributed by atoms with van der Waals surface area (Å²) in [5.41, 5.74) is 0. The highest BCUT2D eigenvalue weighted by atomic mass is 35.5. The summed E-state index contributed by atoms with van der Waals surface area (Å²) in [5.74, 6) is 1.41. The number of fused-ring (bicyclic) bond motifs is 1. The maximum atomic E-state index is 6.09. The topological polar surface area (TPSA) is 18.5 Å². The first-order chi connectivity index (χ1) is 7.26. The smallest absolute Gasteiger partial charge is 0.161 e. The van der Waals surface area contributed by atoms with Gasteiger partial charge in [0.1, 0.15) is 0 Å². The van der Waals surface area contributed by atoms with Gasteiger partial charge < -0.3 is 9.47 Å². The summed E-state index contributed by atoms with van der Waals surface area (Å²) in [7, 11) is 3.23. The largest absolute Gasteiger partial charge is 0.493 e. The van der Waals surface area contributed by atoms with Gasteiger partial charge in [-0.1, -0.05) is 23.7 Å². The van der Waals surface area contributed by atoms with Gasteiger partial charge in [-0.05, 0) is 23.6 Å². The number of rotatable bonds is 2. The second-order valence-corrected chi connectivity index (χ2v) is 3.58. The van der Waals surface area contributed by atoms with Crippen LogP contribution < -0.4 is 9.47 Å². The van der Waals surface area contributed by atoms with Crippen molar-refractivity contribution in [3.63, 3.8) is 0 Å². The van der Waals surface area contributed by atoms with Crippen LogP contribution in [0.15, 0.2) is 30.3 Å². The van der Waals surface area contributed by atoms with Crippen molar-refractivity contribution in [2.24, 2.45) is 0 Å². The van der Waals surface area contributed by atoms with Gasteiger partial charge in [-0.2, -0.15) is 0 Å². The Hall–Kier alpha value is -1.41. The average molecular weight is 223 g/mol. The molecule has 0 spiro atoms. The molecule has 2 nitrogen and oxygen atoms in total. The zero-order valence-electron chi connectivity index (χ0n) is 8.58. The molecule has 0 amide bonds. The minimum Gasteiger partial charge on any atom is -0.493 e. The van der Waals surface area contributed by atoms with E-state index in [0.29, 0.717) is 16.5 Å². The van der Waals surface area contributed by atoms with Crippen LogP contribution in [0, 0.1) is 0 Å². The number of hydrogen-bond acceptors (Lipinski definition) is 2. The van der Waals surface area contributed by atoms with Crippen molar-refractivity contribution >= 4 is 22.4 Å². The molecule has 15 heavy (non-hydrogen) atoms. The average Bonchev–Trinajstić information content (AvgIpc) is 2.28. The molecule has 0 fully saturated rings. The van der Waals surface area contributed by atoms with Gasteiger partial charge in [-0.3, -0.25) is 0 Å². The van der Waals surface area contributed by atoms with E-state index in [1.54, 1.807) is 14.2 Å². The molecular weight excluding hydrogens is 212 g/mol. The molecule has 0 radical (unpaired) electrons. The molecular formula is C12H11ClO2. The van der Waals surface area contributed by atoms with Gasteiger partial charge in [0.05, 0.1) is 14.2 Å². The maximum Gasteiger partial charge on any atom is 0.161 e. The van der Waals surface area contributed by atoms with E-state index in [1.165, 1.54) is 0 Å². The van der Waals surface area contributed by atoms with Gasteiger partial charge in [-0.25, -0.2) is 0 Å². The van der Waals surface area contributed by atoms with Gasteiger partial charge >= 0.3 is 0 Å². The standard InChI is InChI=1S/C12H11ClO2/c1-14-11-6-8-4-3-5-10(13)9(8)7-12(11)15-2/h3-7H,1-2H3. The Morgan fingerprint density at radius 2 is 1.67 bits per heavy atom.